The van der Waals surface area contributed by atoms with E-state index in [-0.39, 0.29) is 18.2 Å². The quantitative estimate of drug-likeness (QED) is 0.324. The zero-order valence-corrected chi connectivity index (χ0v) is 17.8. The van der Waals surface area contributed by atoms with Gasteiger partial charge in [0, 0.05) is 32.6 Å². The van der Waals surface area contributed by atoms with Crippen molar-refractivity contribution in [2.45, 2.75) is 59.0 Å². The number of ether oxygens (including phenoxy) is 1. The fourth-order valence-corrected chi connectivity index (χ4v) is 3.19. The first kappa shape index (κ1) is 24.4. The lowest BCUT2D eigenvalue weighted by Gasteiger charge is -2.36. The first-order valence-corrected chi connectivity index (χ1v) is 10.2. The largest absolute Gasteiger partial charge is 0.481 e. The highest BCUT2D eigenvalue weighted by atomic mass is 16.6. The van der Waals surface area contributed by atoms with Crippen LogP contribution >= 0.6 is 0 Å². The Morgan fingerprint density at radius 2 is 1.71 bits per heavy atom. The van der Waals surface area contributed by atoms with Crippen LogP contribution in [0.1, 0.15) is 53.4 Å². The van der Waals surface area contributed by atoms with Gasteiger partial charge in [-0.2, -0.15) is 0 Å². The van der Waals surface area contributed by atoms with E-state index in [9.17, 15) is 14.4 Å². The highest BCUT2D eigenvalue weighted by molar-refractivity contribution is 5.98. The molecule has 8 nitrogen and oxygen atoms in total. The van der Waals surface area contributed by atoms with Gasteiger partial charge in [0.1, 0.15) is 11.5 Å². The van der Waals surface area contributed by atoms with E-state index < -0.39 is 23.5 Å². The standard InChI is InChI=1S/C20H37N3O5/c1-15(14-21)13-16(19(27)28-20(2,3)4)18(26)23-11-9-22(10-12-23)8-6-5-7-17(24)25/h15-16H,5-14,21H2,1-4H3,(H,24,25). The number of amides is 1. The maximum atomic E-state index is 13.0. The Morgan fingerprint density at radius 3 is 2.21 bits per heavy atom. The predicted octanol–water partition coefficient (Wildman–Crippen LogP) is 1.33. The van der Waals surface area contributed by atoms with Gasteiger partial charge in [-0.3, -0.25) is 19.3 Å². The molecule has 0 aliphatic carbocycles. The van der Waals surface area contributed by atoms with Crippen molar-refractivity contribution < 1.29 is 24.2 Å². The Balaban J connectivity index is 2.59. The van der Waals surface area contributed by atoms with Crippen LogP contribution in [0, 0.1) is 11.8 Å². The average Bonchev–Trinajstić information content (AvgIpc) is 2.61. The number of aliphatic carboxylic acids is 1. The zero-order valence-electron chi connectivity index (χ0n) is 17.8. The number of piperazine rings is 1. The number of carboxylic acids is 1. The number of esters is 1. The normalized spacial score (nSPS) is 17.8. The van der Waals surface area contributed by atoms with Gasteiger partial charge >= 0.3 is 11.9 Å². The number of unbranched alkanes of at least 4 members (excludes halogenated alkanes) is 1. The van der Waals surface area contributed by atoms with Gasteiger partial charge in [0.25, 0.3) is 0 Å². The molecule has 1 heterocycles. The molecule has 28 heavy (non-hydrogen) atoms. The Hall–Kier alpha value is -1.67. The molecule has 0 bridgehead atoms. The van der Waals surface area contributed by atoms with Crippen molar-refractivity contribution in [2.24, 2.45) is 17.6 Å². The Labute approximate surface area is 168 Å². The molecule has 1 aliphatic heterocycles. The van der Waals surface area contributed by atoms with Crippen molar-refractivity contribution in [3.8, 4) is 0 Å². The molecule has 0 aromatic carbocycles. The van der Waals surface area contributed by atoms with Gasteiger partial charge in [-0.15, -0.1) is 0 Å². The van der Waals surface area contributed by atoms with Crippen LogP contribution in [0.4, 0.5) is 0 Å². The molecule has 2 unspecified atom stereocenters. The smallest absolute Gasteiger partial charge is 0.319 e. The van der Waals surface area contributed by atoms with Crippen molar-refractivity contribution in [2.75, 3.05) is 39.3 Å². The van der Waals surface area contributed by atoms with Gasteiger partial charge in [-0.1, -0.05) is 6.92 Å². The minimum atomic E-state index is -0.820. The molecule has 0 spiro atoms. The number of hydrogen-bond acceptors (Lipinski definition) is 6. The molecule has 0 aromatic rings. The van der Waals surface area contributed by atoms with E-state index in [0.717, 1.165) is 26.1 Å². The summed E-state index contributed by atoms with van der Waals surface area (Å²) in [5, 5.41) is 8.69. The minimum Gasteiger partial charge on any atom is -0.481 e. The highest BCUT2D eigenvalue weighted by Gasteiger charge is 2.36. The van der Waals surface area contributed by atoms with Crippen LogP contribution in [0.3, 0.4) is 0 Å². The van der Waals surface area contributed by atoms with Gasteiger partial charge in [0.15, 0.2) is 0 Å². The average molecular weight is 400 g/mol. The van der Waals surface area contributed by atoms with E-state index in [4.69, 9.17) is 15.6 Å². The molecule has 0 radical (unpaired) electrons. The number of nitrogens with two attached hydrogens (primary N) is 1. The summed E-state index contributed by atoms with van der Waals surface area (Å²) in [6.45, 7) is 11.1. The molecule has 3 N–H and O–H groups in total. The number of carboxylic acid groups (broad SMARTS) is 1. The maximum Gasteiger partial charge on any atom is 0.319 e. The molecular formula is C20H37N3O5. The second kappa shape index (κ2) is 11.4. The van der Waals surface area contributed by atoms with E-state index in [1.807, 2.05) is 6.92 Å². The monoisotopic (exact) mass is 399 g/mol. The van der Waals surface area contributed by atoms with E-state index in [1.54, 1.807) is 25.7 Å². The number of carbonyl (C=O) groups is 3. The van der Waals surface area contributed by atoms with Crippen LogP contribution in [-0.2, 0) is 19.1 Å². The summed E-state index contributed by atoms with van der Waals surface area (Å²) in [7, 11) is 0. The summed E-state index contributed by atoms with van der Waals surface area (Å²) in [5.41, 5.74) is 5.06. The summed E-state index contributed by atoms with van der Waals surface area (Å²) in [6, 6.07) is 0. The third kappa shape index (κ3) is 9.01. The lowest BCUT2D eigenvalue weighted by atomic mass is 9.94. The number of rotatable bonds is 10. The predicted molar refractivity (Wildman–Crippen MR) is 107 cm³/mol. The maximum absolute atomic E-state index is 13.0. The van der Waals surface area contributed by atoms with Gasteiger partial charge in [0.05, 0.1) is 0 Å². The molecule has 8 heteroatoms. The van der Waals surface area contributed by atoms with Gasteiger partial charge in [-0.05, 0) is 59.0 Å². The number of hydrogen-bond donors (Lipinski definition) is 2. The third-order valence-corrected chi connectivity index (χ3v) is 4.83. The van der Waals surface area contributed by atoms with Crippen molar-refractivity contribution >= 4 is 17.8 Å². The first-order valence-electron chi connectivity index (χ1n) is 10.2. The summed E-state index contributed by atoms with van der Waals surface area (Å²) >= 11 is 0. The number of nitrogens with zero attached hydrogens (tertiary/aromatic N) is 2. The van der Waals surface area contributed by atoms with E-state index in [2.05, 4.69) is 4.90 Å². The second-order valence-electron chi connectivity index (χ2n) is 8.68. The molecule has 0 saturated carbocycles. The molecule has 1 fully saturated rings. The molecule has 1 saturated heterocycles. The van der Waals surface area contributed by atoms with Crippen LogP contribution in [-0.4, -0.2) is 77.6 Å². The first-order chi connectivity index (χ1) is 13.0. The Morgan fingerprint density at radius 1 is 1.11 bits per heavy atom. The van der Waals surface area contributed by atoms with Crippen molar-refractivity contribution in [3.05, 3.63) is 0 Å². The van der Waals surface area contributed by atoms with Crippen molar-refractivity contribution in [3.63, 3.8) is 0 Å². The van der Waals surface area contributed by atoms with E-state index >= 15 is 0 Å². The molecule has 2 atom stereocenters. The number of carbonyl (C=O) groups excluding carboxylic acids is 2. The lowest BCUT2D eigenvalue weighted by Crippen LogP contribution is -2.52. The lowest BCUT2D eigenvalue weighted by molar-refractivity contribution is -0.166. The third-order valence-electron chi connectivity index (χ3n) is 4.83. The SMILES string of the molecule is CC(CN)CC(C(=O)OC(C)(C)C)C(=O)N1CCN(CCCCC(=O)O)CC1. The fraction of sp³-hybridized carbons (Fsp3) is 0.850. The summed E-state index contributed by atoms with van der Waals surface area (Å²) in [6.07, 6.45) is 2.07. The fourth-order valence-electron chi connectivity index (χ4n) is 3.19. The van der Waals surface area contributed by atoms with Crippen molar-refractivity contribution in [1.29, 1.82) is 0 Å². The second-order valence-corrected chi connectivity index (χ2v) is 8.68. The highest BCUT2D eigenvalue weighted by Crippen LogP contribution is 2.21. The summed E-state index contributed by atoms with van der Waals surface area (Å²) in [5.74, 6) is -2.19. The van der Waals surface area contributed by atoms with Crippen LogP contribution in [0.15, 0.2) is 0 Å². The molecule has 0 aromatic heterocycles. The van der Waals surface area contributed by atoms with Gasteiger partial charge in [-0.25, -0.2) is 0 Å². The van der Waals surface area contributed by atoms with Crippen LogP contribution in [0.25, 0.3) is 0 Å². The topological polar surface area (TPSA) is 113 Å². The summed E-state index contributed by atoms with van der Waals surface area (Å²) in [4.78, 5) is 40.2. The molecule has 1 aliphatic rings. The summed E-state index contributed by atoms with van der Waals surface area (Å²) < 4.78 is 5.48. The van der Waals surface area contributed by atoms with Crippen LogP contribution < -0.4 is 5.73 Å². The molecule has 162 valence electrons. The van der Waals surface area contributed by atoms with Gasteiger partial charge < -0.3 is 20.5 Å². The molecule has 1 amide bonds. The van der Waals surface area contributed by atoms with Crippen LogP contribution in [0.5, 0.6) is 0 Å². The van der Waals surface area contributed by atoms with Gasteiger partial charge in [0.2, 0.25) is 5.91 Å². The van der Waals surface area contributed by atoms with Crippen molar-refractivity contribution in [1.82, 2.24) is 9.80 Å². The molecular weight excluding hydrogens is 362 g/mol. The Bertz CT molecular complexity index is 524. The minimum absolute atomic E-state index is 0.0528. The van der Waals surface area contributed by atoms with Crippen LogP contribution in [0.2, 0.25) is 0 Å². The Kier molecular flexibility index (Phi) is 9.89. The van der Waals surface area contributed by atoms with E-state index in [1.165, 1.54) is 0 Å². The van der Waals surface area contributed by atoms with E-state index in [0.29, 0.717) is 32.5 Å². The molecule has 1 rings (SSSR count). The zero-order chi connectivity index (χ0) is 21.3.